The maximum absolute atomic E-state index is 12.9. The topological polar surface area (TPSA) is 102 Å². The first-order chi connectivity index (χ1) is 15.0. The van der Waals surface area contributed by atoms with E-state index in [2.05, 4.69) is 32.0 Å². The molecular weight excluding hydrogens is 412 g/mol. The molecule has 1 aliphatic rings. The Kier molecular flexibility index (Phi) is 6.62. The molecule has 4 rings (SSSR count). The number of rotatable bonds is 9. The normalized spacial score (nSPS) is 15.8. The molecule has 0 unspecified atom stereocenters. The van der Waals surface area contributed by atoms with Crippen molar-refractivity contribution < 1.29 is 8.42 Å². The first-order valence-corrected chi connectivity index (χ1v) is 12.1. The molecule has 9 heteroatoms. The molecule has 1 aromatic carbocycles. The van der Waals surface area contributed by atoms with Crippen LogP contribution in [0.2, 0.25) is 0 Å². The van der Waals surface area contributed by atoms with Gasteiger partial charge in [-0.2, -0.15) is 5.10 Å². The van der Waals surface area contributed by atoms with Gasteiger partial charge in [0.1, 0.15) is 17.6 Å². The van der Waals surface area contributed by atoms with Crippen molar-refractivity contribution in [1.29, 1.82) is 0 Å². The average Bonchev–Trinajstić information content (AvgIpc) is 3.47. The Morgan fingerprint density at radius 2 is 1.97 bits per heavy atom. The first kappa shape index (κ1) is 21.5. The summed E-state index contributed by atoms with van der Waals surface area (Å²) >= 11 is 0. The average molecular weight is 441 g/mol. The van der Waals surface area contributed by atoms with Gasteiger partial charge in [-0.15, -0.1) is 0 Å². The number of benzene rings is 1. The molecule has 1 aliphatic carbocycles. The summed E-state index contributed by atoms with van der Waals surface area (Å²) in [5.41, 5.74) is 1.49. The van der Waals surface area contributed by atoms with E-state index in [-0.39, 0.29) is 4.90 Å². The van der Waals surface area contributed by atoms with Crippen molar-refractivity contribution in [2.24, 2.45) is 5.92 Å². The van der Waals surface area contributed by atoms with Gasteiger partial charge in [0.05, 0.1) is 5.69 Å². The Labute approximate surface area is 183 Å². The first-order valence-electron chi connectivity index (χ1n) is 10.7. The lowest BCUT2D eigenvalue weighted by Gasteiger charge is -2.19. The zero-order valence-corrected chi connectivity index (χ0v) is 18.4. The number of sulfonamides is 1. The number of nitrogens with zero attached hydrogens (tertiary/aromatic N) is 4. The molecule has 8 nitrogen and oxygen atoms in total. The van der Waals surface area contributed by atoms with Crippen molar-refractivity contribution in [3.8, 4) is 5.82 Å². The van der Waals surface area contributed by atoms with Crippen molar-refractivity contribution in [2.45, 2.75) is 56.5 Å². The van der Waals surface area contributed by atoms with Crippen molar-refractivity contribution in [1.82, 2.24) is 25.1 Å². The van der Waals surface area contributed by atoms with E-state index in [1.165, 1.54) is 55.3 Å². The highest BCUT2D eigenvalue weighted by Crippen LogP contribution is 2.28. The van der Waals surface area contributed by atoms with Crippen LogP contribution in [0, 0.1) is 5.92 Å². The predicted octanol–water partition coefficient (Wildman–Crippen LogP) is 3.52. The van der Waals surface area contributed by atoms with Gasteiger partial charge in [-0.1, -0.05) is 43.9 Å². The van der Waals surface area contributed by atoms with Gasteiger partial charge in [-0.25, -0.2) is 23.1 Å². The van der Waals surface area contributed by atoms with Gasteiger partial charge < -0.3 is 5.32 Å². The lowest BCUT2D eigenvalue weighted by Crippen LogP contribution is -2.28. The summed E-state index contributed by atoms with van der Waals surface area (Å²) in [6.45, 7) is 2.81. The quantitative estimate of drug-likeness (QED) is 0.528. The maximum atomic E-state index is 12.9. The Morgan fingerprint density at radius 3 is 2.68 bits per heavy atom. The Hall–Kier alpha value is -2.78. The number of para-hydroxylation sites is 1. The fourth-order valence-electron chi connectivity index (χ4n) is 4.08. The minimum Gasteiger partial charge on any atom is -0.310 e. The molecule has 2 heterocycles. The van der Waals surface area contributed by atoms with E-state index in [4.69, 9.17) is 0 Å². The highest BCUT2D eigenvalue weighted by molar-refractivity contribution is 7.92. The third kappa shape index (κ3) is 5.48. The van der Waals surface area contributed by atoms with Crippen molar-refractivity contribution >= 4 is 15.7 Å². The van der Waals surface area contributed by atoms with Crippen molar-refractivity contribution in [3.05, 3.63) is 60.8 Å². The molecule has 0 saturated heterocycles. The van der Waals surface area contributed by atoms with Crippen LogP contribution < -0.4 is 10.0 Å². The SMILES string of the molecule is C[C@@H](CC1CCCC1)NCc1ccccc1NS(=O)(=O)c1ccc(-n2cncn2)nc1. The second-order valence-corrected chi connectivity index (χ2v) is 9.81. The number of hydrogen-bond acceptors (Lipinski definition) is 6. The maximum Gasteiger partial charge on any atom is 0.263 e. The summed E-state index contributed by atoms with van der Waals surface area (Å²) in [5, 5.41) is 7.55. The van der Waals surface area contributed by atoms with Crippen LogP contribution in [0.3, 0.4) is 0 Å². The van der Waals surface area contributed by atoms with E-state index in [0.29, 0.717) is 24.1 Å². The molecule has 164 valence electrons. The minimum atomic E-state index is -3.76. The molecule has 1 saturated carbocycles. The van der Waals surface area contributed by atoms with Crippen molar-refractivity contribution in [3.63, 3.8) is 0 Å². The van der Waals surface area contributed by atoms with Crippen LogP contribution >= 0.6 is 0 Å². The monoisotopic (exact) mass is 440 g/mol. The highest BCUT2D eigenvalue weighted by Gasteiger charge is 2.19. The lowest BCUT2D eigenvalue weighted by molar-refractivity contribution is 0.404. The predicted molar refractivity (Wildman–Crippen MR) is 119 cm³/mol. The number of nitrogens with one attached hydrogen (secondary N) is 2. The van der Waals surface area contributed by atoms with Gasteiger partial charge in [0.25, 0.3) is 10.0 Å². The molecule has 31 heavy (non-hydrogen) atoms. The van der Waals surface area contributed by atoms with Crippen LogP contribution in [0.4, 0.5) is 5.69 Å². The minimum absolute atomic E-state index is 0.0914. The second-order valence-electron chi connectivity index (χ2n) is 8.12. The summed E-state index contributed by atoms with van der Waals surface area (Å²) in [4.78, 5) is 8.15. The van der Waals surface area contributed by atoms with Crippen LogP contribution in [0.1, 0.15) is 44.6 Å². The molecule has 2 aromatic heterocycles. The van der Waals surface area contributed by atoms with Gasteiger partial charge >= 0.3 is 0 Å². The lowest BCUT2D eigenvalue weighted by atomic mass is 9.99. The molecule has 2 N–H and O–H groups in total. The fourth-order valence-corrected chi connectivity index (χ4v) is 5.13. The van der Waals surface area contributed by atoms with E-state index in [9.17, 15) is 8.42 Å². The standard InChI is InChI=1S/C22H28N6O2S/c1-17(12-18-6-2-3-7-18)24-13-19-8-4-5-9-21(19)27-31(29,30)20-10-11-22(25-14-20)28-16-23-15-26-28/h4-5,8-11,14-18,24,27H,2-3,6-7,12-13H2,1H3/t17-/m0/s1. The molecule has 0 spiro atoms. The van der Waals surface area contributed by atoms with Crippen LogP contribution in [0.15, 0.2) is 60.1 Å². The smallest absolute Gasteiger partial charge is 0.263 e. The largest absolute Gasteiger partial charge is 0.310 e. The number of hydrogen-bond donors (Lipinski definition) is 2. The van der Waals surface area contributed by atoms with Gasteiger partial charge in [0.15, 0.2) is 5.82 Å². The Morgan fingerprint density at radius 1 is 1.16 bits per heavy atom. The van der Waals surface area contributed by atoms with Crippen LogP contribution in [0.25, 0.3) is 5.82 Å². The highest BCUT2D eigenvalue weighted by atomic mass is 32.2. The van der Waals surface area contributed by atoms with Gasteiger partial charge in [-0.3, -0.25) is 4.72 Å². The van der Waals surface area contributed by atoms with Crippen LogP contribution in [0.5, 0.6) is 0 Å². The van der Waals surface area contributed by atoms with Gasteiger partial charge in [0, 0.05) is 18.8 Å². The third-order valence-electron chi connectivity index (χ3n) is 5.75. The number of aromatic nitrogens is 4. The molecule has 1 atom stereocenters. The Bertz CT molecular complexity index is 1080. The number of anilines is 1. The van der Waals surface area contributed by atoms with E-state index >= 15 is 0 Å². The molecule has 0 bridgehead atoms. The summed E-state index contributed by atoms with van der Waals surface area (Å²) in [7, 11) is -3.76. The molecule has 3 aromatic rings. The van der Waals surface area contributed by atoms with E-state index < -0.39 is 10.0 Å². The summed E-state index contributed by atoms with van der Waals surface area (Å²) in [6.07, 6.45) is 10.7. The molecular formula is C22H28N6O2S. The summed E-state index contributed by atoms with van der Waals surface area (Å²) in [6, 6.07) is 11.0. The molecule has 1 fully saturated rings. The zero-order valence-electron chi connectivity index (χ0n) is 17.6. The molecule has 0 amide bonds. The summed E-state index contributed by atoms with van der Waals surface area (Å²) in [5.74, 6) is 1.31. The van der Waals surface area contributed by atoms with Crippen molar-refractivity contribution in [2.75, 3.05) is 4.72 Å². The van der Waals surface area contributed by atoms with Gasteiger partial charge in [-0.05, 0) is 43.0 Å². The zero-order chi connectivity index (χ0) is 21.7. The summed E-state index contributed by atoms with van der Waals surface area (Å²) < 4.78 is 30.0. The van der Waals surface area contributed by atoms with Crippen LogP contribution in [-0.4, -0.2) is 34.2 Å². The molecule has 0 radical (unpaired) electrons. The fraction of sp³-hybridized carbons (Fsp3) is 0.409. The van der Waals surface area contributed by atoms with Crippen LogP contribution in [-0.2, 0) is 16.6 Å². The van der Waals surface area contributed by atoms with E-state index in [0.717, 1.165) is 17.9 Å². The van der Waals surface area contributed by atoms with E-state index in [1.54, 1.807) is 12.1 Å². The van der Waals surface area contributed by atoms with E-state index in [1.807, 2.05) is 18.2 Å². The number of pyridine rings is 1. The van der Waals surface area contributed by atoms with Gasteiger partial charge in [0.2, 0.25) is 0 Å². The molecule has 0 aliphatic heterocycles. The third-order valence-corrected chi connectivity index (χ3v) is 7.10. The second kappa shape index (κ2) is 9.57. The Balaban J connectivity index is 1.42.